The summed E-state index contributed by atoms with van der Waals surface area (Å²) in [4.78, 5) is 4.33. The van der Waals surface area contributed by atoms with E-state index in [9.17, 15) is 5.11 Å². The average molecular weight is 294 g/mol. The third-order valence-electron chi connectivity index (χ3n) is 3.77. The first-order chi connectivity index (χ1) is 10.2. The molecule has 21 heavy (non-hydrogen) atoms. The lowest BCUT2D eigenvalue weighted by Gasteiger charge is -2.15. The molecule has 0 amide bonds. The molecule has 0 aliphatic carbocycles. The van der Waals surface area contributed by atoms with E-state index in [1.54, 1.807) is 26.6 Å². The van der Waals surface area contributed by atoms with Crippen LogP contribution in [-0.4, -0.2) is 52.8 Å². The fourth-order valence-corrected chi connectivity index (χ4v) is 2.63. The van der Waals surface area contributed by atoms with Crippen LogP contribution in [0, 0.1) is 0 Å². The second-order valence-corrected chi connectivity index (χ2v) is 4.96. The Hall–Kier alpha value is -1.83. The molecule has 0 spiro atoms. The van der Waals surface area contributed by atoms with Crippen molar-refractivity contribution in [3.8, 4) is 11.5 Å². The third kappa shape index (κ3) is 2.33. The van der Waals surface area contributed by atoms with E-state index in [1.165, 1.54) is 0 Å². The molecule has 2 heterocycles. The molecule has 0 radical (unpaired) electrons. The molecule has 7 nitrogen and oxygen atoms in total. The van der Waals surface area contributed by atoms with Gasteiger partial charge in [-0.1, -0.05) is 0 Å². The maximum Gasteiger partial charge on any atom is 0.163 e. The highest BCUT2D eigenvalue weighted by Gasteiger charge is 2.35. The number of ether oxygens (including phenoxy) is 3. The van der Waals surface area contributed by atoms with E-state index in [4.69, 9.17) is 19.3 Å². The molecule has 3 unspecified atom stereocenters. The summed E-state index contributed by atoms with van der Waals surface area (Å²) in [7, 11) is 3.14. The first-order valence-electron chi connectivity index (χ1n) is 6.71. The van der Waals surface area contributed by atoms with Crippen LogP contribution in [0.4, 0.5) is 0 Å². The second-order valence-electron chi connectivity index (χ2n) is 4.96. The van der Waals surface area contributed by atoms with Crippen molar-refractivity contribution in [2.45, 2.75) is 24.9 Å². The molecular formula is C14H18N2O5. The highest BCUT2D eigenvalue weighted by Crippen LogP contribution is 2.35. The predicted molar refractivity (Wildman–Crippen MR) is 74.5 cm³/mol. The highest BCUT2D eigenvalue weighted by molar-refractivity contribution is 5.80. The molecule has 1 saturated heterocycles. The molecule has 7 heteroatoms. The van der Waals surface area contributed by atoms with Crippen molar-refractivity contribution in [3.05, 3.63) is 18.5 Å². The summed E-state index contributed by atoms with van der Waals surface area (Å²) >= 11 is 0. The SMILES string of the molecule is COc1cc2ncn(C3CC(O)C(CO)O3)c2cc1OC. The van der Waals surface area contributed by atoms with E-state index in [2.05, 4.69) is 4.98 Å². The van der Waals surface area contributed by atoms with Gasteiger partial charge in [0.05, 0.1) is 44.3 Å². The zero-order valence-electron chi connectivity index (χ0n) is 11.9. The van der Waals surface area contributed by atoms with Gasteiger partial charge < -0.3 is 29.0 Å². The standard InChI is InChI=1S/C14H18N2O5/c1-19-11-3-8-9(4-12(11)20-2)16(7-15-8)14-5-10(18)13(6-17)21-14/h3-4,7,10,13-14,17-18H,5-6H2,1-2H3. The van der Waals surface area contributed by atoms with Gasteiger partial charge in [0, 0.05) is 18.6 Å². The molecule has 1 aliphatic rings. The Balaban J connectivity index is 2.00. The van der Waals surface area contributed by atoms with Crippen molar-refractivity contribution in [1.29, 1.82) is 0 Å². The van der Waals surface area contributed by atoms with Gasteiger partial charge in [0.2, 0.25) is 0 Å². The van der Waals surface area contributed by atoms with Crippen LogP contribution in [0.5, 0.6) is 11.5 Å². The Morgan fingerprint density at radius 3 is 2.67 bits per heavy atom. The van der Waals surface area contributed by atoms with Crippen molar-refractivity contribution in [3.63, 3.8) is 0 Å². The first-order valence-corrected chi connectivity index (χ1v) is 6.71. The molecule has 2 N–H and O–H groups in total. The van der Waals surface area contributed by atoms with E-state index in [-0.39, 0.29) is 12.8 Å². The monoisotopic (exact) mass is 294 g/mol. The molecule has 1 aromatic carbocycles. The number of methoxy groups -OCH3 is 2. The van der Waals surface area contributed by atoms with Crippen molar-refractivity contribution < 1.29 is 24.4 Å². The number of benzene rings is 1. The van der Waals surface area contributed by atoms with E-state index < -0.39 is 12.2 Å². The molecule has 2 aromatic rings. The van der Waals surface area contributed by atoms with Gasteiger partial charge in [-0.25, -0.2) is 4.98 Å². The molecule has 1 aromatic heterocycles. The minimum atomic E-state index is -0.683. The number of aliphatic hydroxyl groups is 2. The average Bonchev–Trinajstić information content (AvgIpc) is 3.08. The van der Waals surface area contributed by atoms with Crippen molar-refractivity contribution >= 4 is 11.0 Å². The summed E-state index contributed by atoms with van der Waals surface area (Å²) in [5.41, 5.74) is 1.57. The van der Waals surface area contributed by atoms with Crippen LogP contribution in [0.3, 0.4) is 0 Å². The van der Waals surface area contributed by atoms with Crippen LogP contribution in [0.25, 0.3) is 11.0 Å². The van der Waals surface area contributed by atoms with Gasteiger partial charge in [-0.05, 0) is 0 Å². The minimum absolute atomic E-state index is 0.207. The van der Waals surface area contributed by atoms with Crippen molar-refractivity contribution in [2.24, 2.45) is 0 Å². The van der Waals surface area contributed by atoms with Crippen molar-refractivity contribution in [2.75, 3.05) is 20.8 Å². The summed E-state index contributed by atoms with van der Waals surface area (Å²) < 4.78 is 18.0. The zero-order valence-corrected chi connectivity index (χ0v) is 11.9. The Kier molecular flexibility index (Phi) is 3.71. The van der Waals surface area contributed by atoms with E-state index in [1.807, 2.05) is 10.6 Å². The molecule has 1 fully saturated rings. The first kappa shape index (κ1) is 14.1. The van der Waals surface area contributed by atoms with Gasteiger partial charge >= 0.3 is 0 Å². The minimum Gasteiger partial charge on any atom is -0.493 e. The maximum absolute atomic E-state index is 9.85. The fourth-order valence-electron chi connectivity index (χ4n) is 2.63. The van der Waals surface area contributed by atoms with Crippen LogP contribution in [-0.2, 0) is 4.74 Å². The summed E-state index contributed by atoms with van der Waals surface area (Å²) in [5, 5.41) is 19.0. The third-order valence-corrected chi connectivity index (χ3v) is 3.77. The predicted octanol–water partition coefficient (Wildman–Crippen LogP) is 0.694. The fraction of sp³-hybridized carbons (Fsp3) is 0.500. The largest absolute Gasteiger partial charge is 0.493 e. The zero-order chi connectivity index (χ0) is 15.0. The summed E-state index contributed by atoms with van der Waals surface area (Å²) in [6, 6.07) is 3.61. The summed E-state index contributed by atoms with van der Waals surface area (Å²) in [6.07, 6.45) is 0.455. The summed E-state index contributed by atoms with van der Waals surface area (Å²) in [5.74, 6) is 1.21. The van der Waals surface area contributed by atoms with Gasteiger partial charge in [-0.3, -0.25) is 0 Å². The van der Waals surface area contributed by atoms with Gasteiger partial charge in [-0.15, -0.1) is 0 Å². The Morgan fingerprint density at radius 1 is 1.33 bits per heavy atom. The van der Waals surface area contributed by atoms with Gasteiger partial charge in [0.15, 0.2) is 11.5 Å². The van der Waals surface area contributed by atoms with E-state index in [0.717, 1.165) is 11.0 Å². The molecule has 0 bridgehead atoms. The number of hydrogen-bond acceptors (Lipinski definition) is 6. The van der Waals surface area contributed by atoms with Crippen LogP contribution < -0.4 is 9.47 Å². The smallest absolute Gasteiger partial charge is 0.163 e. The number of aliphatic hydroxyl groups excluding tert-OH is 2. The maximum atomic E-state index is 9.85. The molecule has 114 valence electrons. The molecular weight excluding hydrogens is 276 g/mol. The number of nitrogens with zero attached hydrogens (tertiary/aromatic N) is 2. The van der Waals surface area contributed by atoms with Crippen LogP contribution >= 0.6 is 0 Å². The van der Waals surface area contributed by atoms with Crippen LogP contribution in [0.15, 0.2) is 18.5 Å². The van der Waals surface area contributed by atoms with Gasteiger partial charge in [0.1, 0.15) is 12.3 Å². The van der Waals surface area contributed by atoms with E-state index >= 15 is 0 Å². The normalized spacial score (nSPS) is 25.4. The van der Waals surface area contributed by atoms with Crippen LogP contribution in [0.1, 0.15) is 12.6 Å². The lowest BCUT2D eigenvalue weighted by molar-refractivity contribution is -0.0430. The van der Waals surface area contributed by atoms with Crippen molar-refractivity contribution in [1.82, 2.24) is 9.55 Å². The van der Waals surface area contributed by atoms with Crippen LogP contribution in [0.2, 0.25) is 0 Å². The van der Waals surface area contributed by atoms with Gasteiger partial charge in [-0.2, -0.15) is 0 Å². The number of aromatic nitrogens is 2. The quantitative estimate of drug-likeness (QED) is 0.863. The number of fused-ring (bicyclic) bond motifs is 1. The number of rotatable bonds is 4. The topological polar surface area (TPSA) is 86.0 Å². The number of hydrogen-bond donors (Lipinski definition) is 2. The lowest BCUT2D eigenvalue weighted by Crippen LogP contribution is -2.24. The lowest BCUT2D eigenvalue weighted by atomic mass is 10.2. The second kappa shape index (κ2) is 5.51. The summed E-state index contributed by atoms with van der Waals surface area (Å²) in [6.45, 7) is -0.207. The molecule has 1 aliphatic heterocycles. The Morgan fingerprint density at radius 2 is 2.05 bits per heavy atom. The van der Waals surface area contributed by atoms with E-state index in [0.29, 0.717) is 17.9 Å². The Bertz CT molecular complexity index is 642. The Labute approximate surface area is 121 Å². The molecule has 0 saturated carbocycles. The van der Waals surface area contributed by atoms with Gasteiger partial charge in [0.25, 0.3) is 0 Å². The number of imidazole rings is 1. The highest BCUT2D eigenvalue weighted by atomic mass is 16.5. The molecule has 3 atom stereocenters. The molecule has 3 rings (SSSR count).